The van der Waals surface area contributed by atoms with Crippen LogP contribution < -0.4 is 5.32 Å². The fraction of sp³-hybridized carbons (Fsp3) is 0.333. The van der Waals surface area contributed by atoms with Gasteiger partial charge in [-0.15, -0.1) is 0 Å². The van der Waals surface area contributed by atoms with Gasteiger partial charge in [-0.1, -0.05) is 31.0 Å². The SMILES string of the molecule is Cn1ncc2cc(-c3ccc(C(=O)N[C@H]4CCCC[C@@H]4O)cc3)ccc21. The normalized spacial score (nSPS) is 20.2. The Bertz CT molecular complexity index is 930. The van der Waals surface area contributed by atoms with E-state index in [1.165, 1.54) is 0 Å². The van der Waals surface area contributed by atoms with Gasteiger partial charge in [0.15, 0.2) is 0 Å². The number of rotatable bonds is 3. The second-order valence-electron chi connectivity index (χ2n) is 7.05. The summed E-state index contributed by atoms with van der Waals surface area (Å²) in [4.78, 5) is 12.5. The van der Waals surface area contributed by atoms with Crippen LogP contribution in [0.5, 0.6) is 0 Å². The highest BCUT2D eigenvalue weighted by Gasteiger charge is 2.24. The quantitative estimate of drug-likeness (QED) is 0.763. The summed E-state index contributed by atoms with van der Waals surface area (Å²) in [6, 6.07) is 13.7. The molecular formula is C21H23N3O2. The first-order chi connectivity index (χ1) is 12.6. The number of aliphatic hydroxyl groups is 1. The Kier molecular flexibility index (Phi) is 4.47. The molecule has 0 saturated heterocycles. The van der Waals surface area contributed by atoms with Crippen molar-refractivity contribution in [1.82, 2.24) is 15.1 Å². The molecule has 0 bridgehead atoms. The zero-order valence-corrected chi connectivity index (χ0v) is 14.9. The molecule has 1 saturated carbocycles. The van der Waals surface area contributed by atoms with Crippen LogP contribution in [0.4, 0.5) is 0 Å². The summed E-state index contributed by atoms with van der Waals surface area (Å²) in [6.45, 7) is 0. The highest BCUT2D eigenvalue weighted by Crippen LogP contribution is 2.25. The van der Waals surface area contributed by atoms with E-state index in [1.807, 2.05) is 42.2 Å². The Morgan fingerprint density at radius 3 is 2.62 bits per heavy atom. The van der Waals surface area contributed by atoms with Crippen LogP contribution in [0.15, 0.2) is 48.7 Å². The number of benzene rings is 2. The molecule has 1 amide bonds. The van der Waals surface area contributed by atoms with Gasteiger partial charge in [0.1, 0.15) is 0 Å². The number of carbonyl (C=O) groups is 1. The minimum Gasteiger partial charge on any atom is -0.391 e. The van der Waals surface area contributed by atoms with Gasteiger partial charge in [-0.2, -0.15) is 5.10 Å². The zero-order valence-electron chi connectivity index (χ0n) is 14.9. The van der Waals surface area contributed by atoms with Crippen LogP contribution in [0.1, 0.15) is 36.0 Å². The van der Waals surface area contributed by atoms with Gasteiger partial charge >= 0.3 is 0 Å². The minimum atomic E-state index is -0.432. The number of hydrogen-bond donors (Lipinski definition) is 2. The first-order valence-corrected chi connectivity index (χ1v) is 9.13. The summed E-state index contributed by atoms with van der Waals surface area (Å²) in [5.41, 5.74) is 3.87. The van der Waals surface area contributed by atoms with E-state index in [0.717, 1.165) is 47.7 Å². The lowest BCUT2D eigenvalue weighted by Gasteiger charge is -2.28. The number of aromatic nitrogens is 2. The first kappa shape index (κ1) is 16.8. The van der Waals surface area contributed by atoms with Crippen molar-refractivity contribution < 1.29 is 9.90 Å². The van der Waals surface area contributed by atoms with Crippen LogP contribution >= 0.6 is 0 Å². The summed E-state index contributed by atoms with van der Waals surface area (Å²) in [5, 5.41) is 18.4. The van der Waals surface area contributed by atoms with E-state index in [0.29, 0.717) is 5.56 Å². The number of aliphatic hydroxyl groups excluding tert-OH is 1. The molecule has 0 unspecified atom stereocenters. The van der Waals surface area contributed by atoms with Gasteiger partial charge in [-0.05, 0) is 48.2 Å². The molecule has 1 aliphatic rings. The number of carbonyl (C=O) groups excluding carboxylic acids is 1. The molecule has 2 aromatic carbocycles. The standard InChI is InChI=1S/C21H23N3O2/c1-24-19-11-10-16(12-17(19)13-22-24)14-6-8-15(9-7-14)21(26)23-18-4-2-3-5-20(18)25/h6-13,18,20,25H,2-5H2,1H3,(H,23,26)/t18-,20-/m0/s1. The molecule has 0 spiro atoms. The van der Waals surface area contributed by atoms with E-state index in [-0.39, 0.29) is 11.9 Å². The van der Waals surface area contributed by atoms with Crippen LogP contribution in [-0.4, -0.2) is 32.9 Å². The monoisotopic (exact) mass is 349 g/mol. The maximum absolute atomic E-state index is 12.5. The van der Waals surface area contributed by atoms with Crippen molar-refractivity contribution in [1.29, 1.82) is 0 Å². The second-order valence-corrected chi connectivity index (χ2v) is 7.05. The van der Waals surface area contributed by atoms with Gasteiger partial charge in [0, 0.05) is 18.0 Å². The number of fused-ring (bicyclic) bond motifs is 1. The summed E-state index contributed by atoms with van der Waals surface area (Å²) in [7, 11) is 1.93. The fourth-order valence-electron chi connectivity index (χ4n) is 3.69. The number of hydrogen-bond acceptors (Lipinski definition) is 3. The molecule has 5 heteroatoms. The molecule has 3 aromatic rings. The van der Waals surface area contributed by atoms with Gasteiger partial charge in [-0.3, -0.25) is 9.48 Å². The van der Waals surface area contributed by atoms with Crippen LogP contribution in [-0.2, 0) is 7.05 Å². The Morgan fingerprint density at radius 1 is 1.12 bits per heavy atom. The smallest absolute Gasteiger partial charge is 0.251 e. The van der Waals surface area contributed by atoms with Gasteiger partial charge in [0.05, 0.1) is 23.9 Å². The van der Waals surface area contributed by atoms with Gasteiger partial charge in [0.2, 0.25) is 0 Å². The molecule has 4 rings (SSSR count). The molecule has 0 radical (unpaired) electrons. The molecule has 26 heavy (non-hydrogen) atoms. The topological polar surface area (TPSA) is 67.2 Å². The summed E-state index contributed by atoms with van der Waals surface area (Å²) < 4.78 is 1.85. The third kappa shape index (κ3) is 3.22. The minimum absolute atomic E-state index is 0.120. The van der Waals surface area contributed by atoms with E-state index >= 15 is 0 Å². The molecule has 134 valence electrons. The Hall–Kier alpha value is -2.66. The molecule has 2 atom stereocenters. The van der Waals surface area contributed by atoms with E-state index in [4.69, 9.17) is 0 Å². The van der Waals surface area contributed by atoms with Crippen LogP contribution in [0.25, 0.3) is 22.0 Å². The van der Waals surface area contributed by atoms with Crippen molar-refractivity contribution in [2.45, 2.75) is 37.8 Å². The highest BCUT2D eigenvalue weighted by molar-refractivity contribution is 5.95. The lowest BCUT2D eigenvalue weighted by atomic mass is 9.92. The molecule has 5 nitrogen and oxygen atoms in total. The molecular weight excluding hydrogens is 326 g/mol. The summed E-state index contributed by atoms with van der Waals surface area (Å²) >= 11 is 0. The third-order valence-corrected chi connectivity index (χ3v) is 5.27. The molecule has 1 aliphatic carbocycles. The molecule has 2 N–H and O–H groups in total. The second kappa shape index (κ2) is 6.92. The molecule has 0 aliphatic heterocycles. The molecule has 1 heterocycles. The predicted octanol–water partition coefficient (Wildman–Crippen LogP) is 3.27. The van der Waals surface area contributed by atoms with Crippen molar-refractivity contribution in [3.05, 3.63) is 54.2 Å². The maximum atomic E-state index is 12.5. The van der Waals surface area contributed by atoms with Crippen LogP contribution in [0, 0.1) is 0 Å². The largest absolute Gasteiger partial charge is 0.391 e. The van der Waals surface area contributed by atoms with Gasteiger partial charge in [0.25, 0.3) is 5.91 Å². The zero-order chi connectivity index (χ0) is 18.1. The van der Waals surface area contributed by atoms with Crippen molar-refractivity contribution in [3.63, 3.8) is 0 Å². The van der Waals surface area contributed by atoms with Crippen molar-refractivity contribution >= 4 is 16.8 Å². The van der Waals surface area contributed by atoms with Crippen LogP contribution in [0.2, 0.25) is 0 Å². The van der Waals surface area contributed by atoms with Crippen molar-refractivity contribution in [3.8, 4) is 11.1 Å². The fourth-order valence-corrected chi connectivity index (χ4v) is 3.69. The third-order valence-electron chi connectivity index (χ3n) is 5.27. The van der Waals surface area contributed by atoms with Gasteiger partial charge in [-0.25, -0.2) is 0 Å². The van der Waals surface area contributed by atoms with E-state index < -0.39 is 6.10 Å². The summed E-state index contributed by atoms with van der Waals surface area (Å²) in [6.07, 6.45) is 5.12. The van der Waals surface area contributed by atoms with Crippen LogP contribution in [0.3, 0.4) is 0 Å². The summed E-state index contributed by atoms with van der Waals surface area (Å²) in [5.74, 6) is -0.120. The molecule has 1 fully saturated rings. The lowest BCUT2D eigenvalue weighted by molar-refractivity contribution is 0.0717. The average Bonchev–Trinajstić information content (AvgIpc) is 3.04. The maximum Gasteiger partial charge on any atom is 0.251 e. The Labute approximate surface area is 152 Å². The number of amides is 1. The average molecular weight is 349 g/mol. The van der Waals surface area contributed by atoms with E-state index in [9.17, 15) is 9.90 Å². The highest BCUT2D eigenvalue weighted by atomic mass is 16.3. The Morgan fingerprint density at radius 2 is 1.85 bits per heavy atom. The van der Waals surface area contributed by atoms with Crippen molar-refractivity contribution in [2.24, 2.45) is 7.05 Å². The van der Waals surface area contributed by atoms with Crippen molar-refractivity contribution in [2.75, 3.05) is 0 Å². The Balaban J connectivity index is 1.51. The number of nitrogens with zero attached hydrogens (tertiary/aromatic N) is 2. The number of nitrogens with one attached hydrogen (secondary N) is 1. The lowest BCUT2D eigenvalue weighted by Crippen LogP contribution is -2.45. The van der Waals surface area contributed by atoms with E-state index in [2.05, 4.69) is 28.6 Å². The molecule has 1 aromatic heterocycles. The number of aryl methyl sites for hydroxylation is 1. The predicted molar refractivity (Wildman–Crippen MR) is 102 cm³/mol. The van der Waals surface area contributed by atoms with E-state index in [1.54, 1.807) is 0 Å². The van der Waals surface area contributed by atoms with Gasteiger partial charge < -0.3 is 10.4 Å². The first-order valence-electron chi connectivity index (χ1n) is 9.13.